The van der Waals surface area contributed by atoms with Crippen LogP contribution in [0.5, 0.6) is 0 Å². The van der Waals surface area contributed by atoms with Crippen molar-refractivity contribution in [3.8, 4) is 0 Å². The smallest absolute Gasteiger partial charge is 0.0175 e. The van der Waals surface area contributed by atoms with E-state index in [1.807, 2.05) is 0 Å². The van der Waals surface area contributed by atoms with Crippen molar-refractivity contribution in [2.24, 2.45) is 11.8 Å². The predicted octanol–water partition coefficient (Wildman–Crippen LogP) is 4.65. The summed E-state index contributed by atoms with van der Waals surface area (Å²) in [6, 6.07) is 9.31. The number of rotatable bonds is 7. The van der Waals surface area contributed by atoms with Crippen molar-refractivity contribution in [2.45, 2.75) is 46.6 Å². The lowest BCUT2D eigenvalue weighted by Gasteiger charge is -2.25. The fraction of sp³-hybridized carbons (Fsp3) is 0.625. The van der Waals surface area contributed by atoms with Gasteiger partial charge in [-0.2, -0.15) is 0 Å². The summed E-state index contributed by atoms with van der Waals surface area (Å²) in [5.74, 6) is 1.48. The van der Waals surface area contributed by atoms with Gasteiger partial charge in [-0.15, -0.1) is 0 Å². The second kappa shape index (κ2) is 7.96. The molecule has 2 unspecified atom stereocenters. The molecule has 0 saturated heterocycles. The normalized spacial score (nSPS) is 14.8. The standard InChI is InChI=1S/C16H26BrN/c1-5-13(4)15(11-18-12(2)3)10-14-6-8-16(17)9-7-14/h6-9,12-13,15,18H,5,10-11H2,1-4H3. The second-order valence-corrected chi connectivity index (χ2v) is 6.45. The Balaban J connectivity index is 2.62. The van der Waals surface area contributed by atoms with Gasteiger partial charge in [0.1, 0.15) is 0 Å². The zero-order valence-electron chi connectivity index (χ0n) is 12.0. The highest BCUT2D eigenvalue weighted by Crippen LogP contribution is 2.21. The molecule has 1 N–H and O–H groups in total. The zero-order valence-corrected chi connectivity index (χ0v) is 13.6. The van der Waals surface area contributed by atoms with Gasteiger partial charge in [0.2, 0.25) is 0 Å². The molecular weight excluding hydrogens is 286 g/mol. The highest BCUT2D eigenvalue weighted by Gasteiger charge is 2.16. The molecule has 1 aromatic carbocycles. The first-order valence-corrected chi connectivity index (χ1v) is 7.80. The van der Waals surface area contributed by atoms with Crippen LogP contribution in [0.25, 0.3) is 0 Å². The molecule has 18 heavy (non-hydrogen) atoms. The van der Waals surface area contributed by atoms with Gasteiger partial charge < -0.3 is 5.32 Å². The van der Waals surface area contributed by atoms with Crippen molar-refractivity contribution < 1.29 is 0 Å². The molecule has 0 spiro atoms. The molecule has 0 aliphatic carbocycles. The second-order valence-electron chi connectivity index (χ2n) is 5.54. The van der Waals surface area contributed by atoms with Gasteiger partial charge in [0.05, 0.1) is 0 Å². The SMILES string of the molecule is CCC(C)C(CNC(C)C)Cc1ccc(Br)cc1. The van der Waals surface area contributed by atoms with Gasteiger partial charge in [0, 0.05) is 10.5 Å². The van der Waals surface area contributed by atoms with Gasteiger partial charge in [-0.1, -0.05) is 62.2 Å². The molecule has 0 bridgehead atoms. The topological polar surface area (TPSA) is 12.0 Å². The van der Waals surface area contributed by atoms with Crippen molar-refractivity contribution in [1.82, 2.24) is 5.32 Å². The van der Waals surface area contributed by atoms with Crippen LogP contribution < -0.4 is 5.32 Å². The molecule has 0 amide bonds. The van der Waals surface area contributed by atoms with Crippen LogP contribution in [0.2, 0.25) is 0 Å². The third-order valence-electron chi connectivity index (χ3n) is 3.65. The summed E-state index contributed by atoms with van der Waals surface area (Å²) in [6.07, 6.45) is 2.42. The van der Waals surface area contributed by atoms with Gasteiger partial charge in [0.15, 0.2) is 0 Å². The summed E-state index contributed by atoms with van der Waals surface area (Å²) in [5, 5.41) is 3.58. The first kappa shape index (κ1) is 15.7. The maximum atomic E-state index is 3.58. The number of hydrogen-bond donors (Lipinski definition) is 1. The predicted molar refractivity (Wildman–Crippen MR) is 83.9 cm³/mol. The summed E-state index contributed by atoms with van der Waals surface area (Å²) < 4.78 is 1.16. The van der Waals surface area contributed by atoms with Crippen LogP contribution in [-0.2, 0) is 6.42 Å². The van der Waals surface area contributed by atoms with E-state index in [1.54, 1.807) is 0 Å². The van der Waals surface area contributed by atoms with Gasteiger partial charge >= 0.3 is 0 Å². The monoisotopic (exact) mass is 311 g/mol. The molecule has 0 radical (unpaired) electrons. The van der Waals surface area contributed by atoms with Crippen molar-refractivity contribution in [1.29, 1.82) is 0 Å². The lowest BCUT2D eigenvalue weighted by molar-refractivity contribution is 0.320. The highest BCUT2D eigenvalue weighted by molar-refractivity contribution is 9.10. The zero-order chi connectivity index (χ0) is 13.5. The first-order chi connectivity index (χ1) is 8.52. The third kappa shape index (κ3) is 5.53. The molecule has 1 aromatic rings. The molecule has 2 heteroatoms. The van der Waals surface area contributed by atoms with Gasteiger partial charge in [-0.25, -0.2) is 0 Å². The minimum atomic E-state index is 0.571. The molecular formula is C16H26BrN. The molecule has 1 nitrogen and oxygen atoms in total. The fourth-order valence-corrected chi connectivity index (χ4v) is 2.38. The van der Waals surface area contributed by atoms with E-state index in [0.29, 0.717) is 6.04 Å². The van der Waals surface area contributed by atoms with E-state index < -0.39 is 0 Å². The number of halogens is 1. The first-order valence-electron chi connectivity index (χ1n) is 7.00. The molecule has 102 valence electrons. The molecule has 2 atom stereocenters. The Kier molecular flexibility index (Phi) is 6.95. The summed E-state index contributed by atoms with van der Waals surface area (Å²) in [5.41, 5.74) is 1.44. The number of nitrogens with one attached hydrogen (secondary N) is 1. The van der Waals surface area contributed by atoms with Crippen molar-refractivity contribution >= 4 is 15.9 Å². The molecule has 0 fully saturated rings. The van der Waals surface area contributed by atoms with Gasteiger partial charge in [-0.3, -0.25) is 0 Å². The van der Waals surface area contributed by atoms with Crippen LogP contribution in [0.3, 0.4) is 0 Å². The van der Waals surface area contributed by atoms with Crippen LogP contribution in [0.4, 0.5) is 0 Å². The summed E-state index contributed by atoms with van der Waals surface area (Å²) >= 11 is 3.49. The Bertz CT molecular complexity index is 331. The lowest BCUT2D eigenvalue weighted by atomic mass is 9.86. The molecule has 0 aromatic heterocycles. The number of benzene rings is 1. The van der Waals surface area contributed by atoms with Crippen LogP contribution in [0.1, 0.15) is 39.7 Å². The molecule has 0 heterocycles. The van der Waals surface area contributed by atoms with E-state index in [4.69, 9.17) is 0 Å². The van der Waals surface area contributed by atoms with Gasteiger partial charge in [-0.05, 0) is 42.5 Å². The summed E-state index contributed by atoms with van der Waals surface area (Å²) in [7, 11) is 0. The molecule has 0 aliphatic rings. The molecule has 0 aliphatic heterocycles. The van der Waals surface area contributed by atoms with Crippen LogP contribution in [0.15, 0.2) is 28.7 Å². The highest BCUT2D eigenvalue weighted by atomic mass is 79.9. The lowest BCUT2D eigenvalue weighted by Crippen LogP contribution is -2.32. The average Bonchev–Trinajstić information content (AvgIpc) is 2.35. The van der Waals surface area contributed by atoms with Crippen molar-refractivity contribution in [3.05, 3.63) is 34.3 Å². The van der Waals surface area contributed by atoms with E-state index in [-0.39, 0.29) is 0 Å². The Hall–Kier alpha value is -0.340. The maximum Gasteiger partial charge on any atom is 0.0175 e. The van der Waals surface area contributed by atoms with Crippen molar-refractivity contribution in [3.63, 3.8) is 0 Å². The Morgan fingerprint density at radius 2 is 1.72 bits per heavy atom. The summed E-state index contributed by atoms with van der Waals surface area (Å²) in [6.45, 7) is 10.2. The molecule has 1 rings (SSSR count). The van der Waals surface area contributed by atoms with Gasteiger partial charge in [0.25, 0.3) is 0 Å². The van der Waals surface area contributed by atoms with E-state index in [2.05, 4.69) is 73.2 Å². The Morgan fingerprint density at radius 1 is 1.11 bits per heavy atom. The number of hydrogen-bond acceptors (Lipinski definition) is 1. The minimum Gasteiger partial charge on any atom is -0.314 e. The fourth-order valence-electron chi connectivity index (χ4n) is 2.12. The Morgan fingerprint density at radius 3 is 2.22 bits per heavy atom. The molecule has 0 saturated carbocycles. The van der Waals surface area contributed by atoms with Crippen molar-refractivity contribution in [2.75, 3.05) is 6.54 Å². The Labute approximate surface area is 120 Å². The third-order valence-corrected chi connectivity index (χ3v) is 4.18. The van der Waals surface area contributed by atoms with Crippen LogP contribution in [-0.4, -0.2) is 12.6 Å². The van der Waals surface area contributed by atoms with E-state index >= 15 is 0 Å². The largest absolute Gasteiger partial charge is 0.314 e. The summed E-state index contributed by atoms with van der Waals surface area (Å²) in [4.78, 5) is 0. The quantitative estimate of drug-likeness (QED) is 0.772. The van der Waals surface area contributed by atoms with E-state index in [0.717, 1.165) is 22.9 Å². The van der Waals surface area contributed by atoms with E-state index in [1.165, 1.54) is 18.4 Å². The minimum absolute atomic E-state index is 0.571. The maximum absolute atomic E-state index is 3.58. The van der Waals surface area contributed by atoms with E-state index in [9.17, 15) is 0 Å². The average molecular weight is 312 g/mol. The van der Waals surface area contributed by atoms with Crippen LogP contribution in [0, 0.1) is 11.8 Å². The van der Waals surface area contributed by atoms with Crippen LogP contribution >= 0.6 is 15.9 Å².